The number of H-pyrrole nitrogens is 1. The average molecular weight is 401 g/mol. The molecule has 8 heteroatoms. The van der Waals surface area contributed by atoms with Crippen molar-refractivity contribution in [3.63, 3.8) is 0 Å². The molecule has 0 amide bonds. The van der Waals surface area contributed by atoms with Crippen molar-refractivity contribution in [3.05, 3.63) is 54.5 Å². The van der Waals surface area contributed by atoms with E-state index in [1.54, 1.807) is 6.20 Å². The second kappa shape index (κ2) is 7.14. The molecule has 8 nitrogen and oxygen atoms in total. The van der Waals surface area contributed by atoms with Gasteiger partial charge in [0.1, 0.15) is 5.65 Å². The number of morpholine rings is 1. The third-order valence-corrected chi connectivity index (χ3v) is 5.76. The average Bonchev–Trinajstić information content (AvgIpc) is 3.34. The van der Waals surface area contributed by atoms with Gasteiger partial charge in [-0.3, -0.25) is 9.50 Å². The molecule has 1 aliphatic heterocycles. The molecule has 4 heterocycles. The molecule has 2 fully saturated rings. The Bertz CT molecular complexity index is 1190. The van der Waals surface area contributed by atoms with Gasteiger partial charge in [0.05, 0.1) is 18.9 Å². The number of aromatic amines is 1. The summed E-state index contributed by atoms with van der Waals surface area (Å²) in [4.78, 5) is 11.8. The normalized spacial score (nSPS) is 16.9. The van der Waals surface area contributed by atoms with Crippen LogP contribution in [-0.4, -0.2) is 50.9 Å². The fourth-order valence-corrected chi connectivity index (χ4v) is 3.96. The van der Waals surface area contributed by atoms with Crippen LogP contribution in [0.1, 0.15) is 24.5 Å². The van der Waals surface area contributed by atoms with Crippen LogP contribution in [0.5, 0.6) is 0 Å². The Kier molecular flexibility index (Phi) is 4.16. The van der Waals surface area contributed by atoms with Crippen LogP contribution < -0.4 is 10.2 Å². The van der Waals surface area contributed by atoms with Crippen molar-refractivity contribution >= 4 is 23.1 Å². The van der Waals surface area contributed by atoms with Gasteiger partial charge in [-0.15, -0.1) is 0 Å². The van der Waals surface area contributed by atoms with E-state index in [9.17, 15) is 0 Å². The lowest BCUT2D eigenvalue weighted by atomic mass is 10.1. The number of anilines is 3. The van der Waals surface area contributed by atoms with Gasteiger partial charge in [-0.1, -0.05) is 12.1 Å². The van der Waals surface area contributed by atoms with Gasteiger partial charge in [0, 0.05) is 60.5 Å². The Morgan fingerprint density at radius 3 is 2.87 bits per heavy atom. The summed E-state index contributed by atoms with van der Waals surface area (Å²) >= 11 is 0. The van der Waals surface area contributed by atoms with Crippen LogP contribution >= 0.6 is 0 Å². The molecule has 1 aliphatic carbocycles. The molecule has 152 valence electrons. The van der Waals surface area contributed by atoms with E-state index in [1.807, 2.05) is 16.7 Å². The first-order chi connectivity index (χ1) is 14.8. The van der Waals surface area contributed by atoms with E-state index in [0.29, 0.717) is 11.9 Å². The highest BCUT2D eigenvalue weighted by Crippen LogP contribution is 2.39. The minimum Gasteiger partial charge on any atom is -0.378 e. The zero-order chi connectivity index (χ0) is 19.9. The topological polar surface area (TPSA) is 83.4 Å². The third kappa shape index (κ3) is 3.29. The minimum atomic E-state index is 0.628. The number of hydrogen-bond donors (Lipinski definition) is 2. The first-order valence-electron chi connectivity index (χ1n) is 10.4. The monoisotopic (exact) mass is 401 g/mol. The van der Waals surface area contributed by atoms with Gasteiger partial charge in [0.25, 0.3) is 0 Å². The van der Waals surface area contributed by atoms with Crippen LogP contribution in [0.4, 0.5) is 17.5 Å². The second-order valence-corrected chi connectivity index (χ2v) is 7.88. The van der Waals surface area contributed by atoms with Crippen LogP contribution in [0.3, 0.4) is 0 Å². The zero-order valence-electron chi connectivity index (χ0n) is 16.6. The smallest absolute Gasteiger partial charge is 0.214 e. The highest BCUT2D eigenvalue weighted by Gasteiger charge is 2.25. The first-order valence-corrected chi connectivity index (χ1v) is 10.4. The molecule has 0 atom stereocenters. The van der Waals surface area contributed by atoms with E-state index >= 15 is 0 Å². The summed E-state index contributed by atoms with van der Waals surface area (Å²) in [5, 5.41) is 10.9. The first kappa shape index (κ1) is 17.5. The molecule has 2 N–H and O–H groups in total. The van der Waals surface area contributed by atoms with Crippen LogP contribution in [0.25, 0.3) is 16.9 Å². The van der Waals surface area contributed by atoms with Gasteiger partial charge in [-0.2, -0.15) is 5.10 Å². The van der Waals surface area contributed by atoms with E-state index in [2.05, 4.69) is 55.7 Å². The fraction of sp³-hybridized carbons (Fsp3) is 0.318. The lowest BCUT2D eigenvalue weighted by Gasteiger charge is -2.29. The number of imidazole rings is 1. The molecule has 30 heavy (non-hydrogen) atoms. The van der Waals surface area contributed by atoms with Crippen LogP contribution in [0, 0.1) is 0 Å². The van der Waals surface area contributed by atoms with Crippen LogP contribution in [0.15, 0.2) is 48.8 Å². The van der Waals surface area contributed by atoms with Crippen molar-refractivity contribution in [3.8, 4) is 11.3 Å². The molecule has 4 aromatic rings. The number of hydrogen-bond acceptors (Lipinski definition) is 6. The standard InChI is InChI=1S/C22H23N7O/c1-2-16(12-17(3-1)28-8-10-30-11-9-28)18-14-21-23-6-7-29(21)22(24-18)25-20-13-19(26-27-20)15-4-5-15/h1-3,6-7,12-15H,4-5,8-11H2,(H2,24,25,26,27). The quantitative estimate of drug-likeness (QED) is 0.532. The molecule has 0 bridgehead atoms. The number of nitrogens with zero attached hydrogens (tertiary/aromatic N) is 5. The fourth-order valence-electron chi connectivity index (χ4n) is 3.96. The molecular formula is C22H23N7O. The number of aromatic nitrogens is 5. The predicted octanol–water partition coefficient (Wildman–Crippen LogP) is 3.58. The number of benzene rings is 1. The summed E-state index contributed by atoms with van der Waals surface area (Å²) in [5.74, 6) is 2.10. The largest absolute Gasteiger partial charge is 0.378 e. The summed E-state index contributed by atoms with van der Waals surface area (Å²) in [5.41, 5.74) is 5.17. The maximum absolute atomic E-state index is 5.49. The molecule has 6 rings (SSSR count). The van der Waals surface area contributed by atoms with Crippen molar-refractivity contribution in [1.82, 2.24) is 24.6 Å². The Labute approximate surface area is 173 Å². The molecule has 0 radical (unpaired) electrons. The van der Waals surface area contributed by atoms with Gasteiger partial charge in [-0.05, 0) is 25.0 Å². The van der Waals surface area contributed by atoms with E-state index in [-0.39, 0.29) is 0 Å². The summed E-state index contributed by atoms with van der Waals surface area (Å²) in [6.07, 6.45) is 6.17. The lowest BCUT2D eigenvalue weighted by molar-refractivity contribution is 0.122. The van der Waals surface area contributed by atoms with Crippen molar-refractivity contribution in [2.45, 2.75) is 18.8 Å². The van der Waals surface area contributed by atoms with Crippen molar-refractivity contribution < 1.29 is 4.74 Å². The summed E-state index contributed by atoms with van der Waals surface area (Å²) in [7, 11) is 0. The molecule has 1 saturated heterocycles. The molecular weight excluding hydrogens is 378 g/mol. The number of ether oxygens (including phenoxy) is 1. The summed E-state index contributed by atoms with van der Waals surface area (Å²) in [6, 6.07) is 12.6. The third-order valence-electron chi connectivity index (χ3n) is 5.76. The zero-order valence-corrected chi connectivity index (χ0v) is 16.6. The van der Waals surface area contributed by atoms with E-state index < -0.39 is 0 Å². The van der Waals surface area contributed by atoms with Crippen molar-refractivity contribution in [2.24, 2.45) is 0 Å². The van der Waals surface area contributed by atoms with Crippen LogP contribution in [-0.2, 0) is 4.74 Å². The van der Waals surface area contributed by atoms with Crippen molar-refractivity contribution in [2.75, 3.05) is 36.5 Å². The maximum atomic E-state index is 5.49. The Balaban J connectivity index is 1.35. The Hall–Kier alpha value is -3.39. The van der Waals surface area contributed by atoms with E-state index in [4.69, 9.17) is 9.72 Å². The molecule has 0 spiro atoms. The molecule has 1 aromatic carbocycles. The van der Waals surface area contributed by atoms with E-state index in [1.165, 1.54) is 24.2 Å². The Morgan fingerprint density at radius 2 is 2.00 bits per heavy atom. The summed E-state index contributed by atoms with van der Waals surface area (Å²) in [6.45, 7) is 3.35. The van der Waals surface area contributed by atoms with E-state index in [0.717, 1.165) is 49.0 Å². The van der Waals surface area contributed by atoms with Gasteiger partial charge in [-0.25, -0.2) is 9.97 Å². The number of fused-ring (bicyclic) bond motifs is 1. The SMILES string of the molecule is c1cc(-c2cc3nccn3c(Nc3cc(C4CC4)[nH]n3)n2)cc(N2CCOCC2)c1. The number of nitrogens with one attached hydrogen (secondary N) is 2. The molecule has 3 aromatic heterocycles. The second-order valence-electron chi connectivity index (χ2n) is 7.88. The highest BCUT2D eigenvalue weighted by atomic mass is 16.5. The van der Waals surface area contributed by atoms with Crippen molar-refractivity contribution in [1.29, 1.82) is 0 Å². The highest BCUT2D eigenvalue weighted by molar-refractivity contribution is 5.70. The summed E-state index contributed by atoms with van der Waals surface area (Å²) < 4.78 is 7.43. The van der Waals surface area contributed by atoms with Gasteiger partial charge < -0.3 is 15.0 Å². The number of rotatable bonds is 5. The van der Waals surface area contributed by atoms with Gasteiger partial charge in [0.2, 0.25) is 5.95 Å². The lowest BCUT2D eigenvalue weighted by Crippen LogP contribution is -2.36. The van der Waals surface area contributed by atoms with Gasteiger partial charge in [0.15, 0.2) is 5.82 Å². The van der Waals surface area contributed by atoms with Gasteiger partial charge >= 0.3 is 0 Å². The molecule has 1 saturated carbocycles. The maximum Gasteiger partial charge on any atom is 0.214 e. The van der Waals surface area contributed by atoms with Crippen LogP contribution in [0.2, 0.25) is 0 Å². The Morgan fingerprint density at radius 1 is 1.10 bits per heavy atom. The molecule has 0 unspecified atom stereocenters. The molecule has 2 aliphatic rings. The predicted molar refractivity (Wildman–Crippen MR) is 115 cm³/mol. The minimum absolute atomic E-state index is 0.628.